The van der Waals surface area contributed by atoms with E-state index in [0.717, 1.165) is 19.4 Å². The Balaban J connectivity index is 2.28. The first-order chi connectivity index (χ1) is 8.26. The van der Waals surface area contributed by atoms with Crippen LogP contribution < -0.4 is 16.4 Å². The number of hydrogen-bond acceptors (Lipinski definition) is 6. The fraction of sp³-hybridized carbons (Fsp3) is 0.636. The molecule has 0 radical (unpaired) electrons. The van der Waals surface area contributed by atoms with Crippen molar-refractivity contribution in [3.8, 4) is 0 Å². The summed E-state index contributed by atoms with van der Waals surface area (Å²) in [6, 6.07) is 1.81. The molecule has 0 unspecified atom stereocenters. The monoisotopic (exact) mass is 239 g/mol. The second-order valence-corrected chi connectivity index (χ2v) is 3.64. The van der Waals surface area contributed by atoms with Crippen LogP contribution in [0.3, 0.4) is 0 Å². The molecule has 1 rings (SSSR count). The van der Waals surface area contributed by atoms with Crippen LogP contribution in [0.1, 0.15) is 19.8 Å². The van der Waals surface area contributed by atoms with Gasteiger partial charge in [0.05, 0.1) is 6.61 Å². The summed E-state index contributed by atoms with van der Waals surface area (Å²) in [4.78, 5) is 8.08. The van der Waals surface area contributed by atoms with E-state index in [-0.39, 0.29) is 5.95 Å². The Morgan fingerprint density at radius 2 is 2.06 bits per heavy atom. The number of ether oxygens (including phenoxy) is 1. The molecule has 6 nitrogen and oxygen atoms in total. The topological polar surface area (TPSA) is 85.1 Å². The average molecular weight is 239 g/mol. The van der Waals surface area contributed by atoms with E-state index in [4.69, 9.17) is 10.5 Å². The number of hydrogen-bond donors (Lipinski definition) is 3. The van der Waals surface area contributed by atoms with E-state index < -0.39 is 0 Å². The minimum absolute atomic E-state index is 0.256. The van der Waals surface area contributed by atoms with Crippen molar-refractivity contribution in [2.75, 3.05) is 43.2 Å². The molecular formula is C11H21N5O. The van der Waals surface area contributed by atoms with E-state index in [1.807, 2.05) is 6.07 Å². The molecule has 0 aliphatic heterocycles. The average Bonchev–Trinajstić information content (AvgIpc) is 2.33. The number of anilines is 3. The lowest BCUT2D eigenvalue weighted by atomic mass is 10.4. The summed E-state index contributed by atoms with van der Waals surface area (Å²) in [6.45, 7) is 4.33. The van der Waals surface area contributed by atoms with E-state index in [1.165, 1.54) is 0 Å². The van der Waals surface area contributed by atoms with Crippen LogP contribution in [0.5, 0.6) is 0 Å². The van der Waals surface area contributed by atoms with Gasteiger partial charge in [-0.15, -0.1) is 0 Å². The Bertz CT molecular complexity index is 332. The van der Waals surface area contributed by atoms with Crippen molar-refractivity contribution in [1.82, 2.24) is 9.97 Å². The smallest absolute Gasteiger partial charge is 0.223 e. The van der Waals surface area contributed by atoms with Crippen LogP contribution >= 0.6 is 0 Å². The second-order valence-electron chi connectivity index (χ2n) is 3.64. The lowest BCUT2D eigenvalue weighted by Crippen LogP contribution is -2.12. The quantitative estimate of drug-likeness (QED) is 0.593. The number of unbranched alkanes of at least 4 members (excludes halogenated alkanes) is 1. The van der Waals surface area contributed by atoms with Crippen LogP contribution in [0.15, 0.2) is 6.07 Å². The van der Waals surface area contributed by atoms with Crippen molar-refractivity contribution in [3.05, 3.63) is 6.07 Å². The first-order valence-electron chi connectivity index (χ1n) is 5.90. The normalized spacial score (nSPS) is 10.2. The van der Waals surface area contributed by atoms with Gasteiger partial charge in [0.25, 0.3) is 0 Å². The van der Waals surface area contributed by atoms with Crippen LogP contribution in [-0.4, -0.2) is 36.8 Å². The fourth-order valence-electron chi connectivity index (χ4n) is 1.28. The number of rotatable bonds is 8. The third-order valence-electron chi connectivity index (χ3n) is 2.19. The Hall–Kier alpha value is -1.56. The number of nitrogens with one attached hydrogen (secondary N) is 2. The SMILES string of the molecule is CCCCOCCNc1cc(NC)nc(N)n1. The number of aromatic nitrogens is 2. The highest BCUT2D eigenvalue weighted by Gasteiger charge is 2.00. The van der Waals surface area contributed by atoms with Crippen molar-refractivity contribution in [3.63, 3.8) is 0 Å². The van der Waals surface area contributed by atoms with Gasteiger partial charge in [-0.25, -0.2) is 0 Å². The molecule has 0 aliphatic rings. The fourth-order valence-corrected chi connectivity index (χ4v) is 1.28. The van der Waals surface area contributed by atoms with E-state index in [0.29, 0.717) is 24.8 Å². The van der Waals surface area contributed by atoms with Gasteiger partial charge in [0, 0.05) is 26.3 Å². The maximum atomic E-state index is 5.57. The Labute approximate surface area is 102 Å². The molecule has 0 saturated carbocycles. The molecule has 0 aliphatic carbocycles. The lowest BCUT2D eigenvalue weighted by Gasteiger charge is -2.08. The lowest BCUT2D eigenvalue weighted by molar-refractivity contribution is 0.141. The first-order valence-corrected chi connectivity index (χ1v) is 5.90. The summed E-state index contributed by atoms with van der Waals surface area (Å²) in [5, 5.41) is 6.07. The highest BCUT2D eigenvalue weighted by molar-refractivity contribution is 5.50. The predicted molar refractivity (Wildman–Crippen MR) is 70.2 cm³/mol. The number of nitrogen functional groups attached to an aromatic ring is 1. The molecule has 0 saturated heterocycles. The van der Waals surface area contributed by atoms with Crippen molar-refractivity contribution >= 4 is 17.6 Å². The van der Waals surface area contributed by atoms with Crippen molar-refractivity contribution < 1.29 is 4.74 Å². The third-order valence-corrected chi connectivity index (χ3v) is 2.19. The van der Waals surface area contributed by atoms with Gasteiger partial charge < -0.3 is 21.1 Å². The van der Waals surface area contributed by atoms with Gasteiger partial charge >= 0.3 is 0 Å². The van der Waals surface area contributed by atoms with Crippen LogP contribution in [0.2, 0.25) is 0 Å². The van der Waals surface area contributed by atoms with Gasteiger partial charge in [0.15, 0.2) is 0 Å². The van der Waals surface area contributed by atoms with E-state index in [1.54, 1.807) is 7.05 Å². The molecule has 6 heteroatoms. The summed E-state index contributed by atoms with van der Waals surface area (Å²) < 4.78 is 5.43. The molecule has 0 atom stereocenters. The maximum Gasteiger partial charge on any atom is 0.223 e. The molecule has 1 heterocycles. The third kappa shape index (κ3) is 5.35. The molecule has 0 spiro atoms. The van der Waals surface area contributed by atoms with Crippen LogP contribution in [-0.2, 0) is 4.74 Å². The predicted octanol–water partition coefficient (Wildman–Crippen LogP) is 1.33. The van der Waals surface area contributed by atoms with Gasteiger partial charge in [-0.2, -0.15) is 9.97 Å². The highest BCUT2D eigenvalue weighted by atomic mass is 16.5. The molecule has 0 aromatic carbocycles. The Kier molecular flexibility index (Phi) is 6.09. The highest BCUT2D eigenvalue weighted by Crippen LogP contribution is 2.11. The minimum Gasteiger partial charge on any atom is -0.380 e. The molecule has 1 aromatic rings. The Morgan fingerprint density at radius 1 is 1.29 bits per heavy atom. The minimum atomic E-state index is 0.256. The second kappa shape index (κ2) is 7.67. The molecule has 0 fully saturated rings. The van der Waals surface area contributed by atoms with Gasteiger partial charge in [0.1, 0.15) is 11.6 Å². The van der Waals surface area contributed by atoms with Crippen molar-refractivity contribution in [2.24, 2.45) is 0 Å². The number of nitrogens with two attached hydrogens (primary N) is 1. The summed E-state index contributed by atoms with van der Waals surface area (Å²) in [6.07, 6.45) is 2.26. The molecule has 96 valence electrons. The molecule has 1 aromatic heterocycles. The zero-order valence-electron chi connectivity index (χ0n) is 10.5. The van der Waals surface area contributed by atoms with E-state index >= 15 is 0 Å². The first kappa shape index (κ1) is 13.5. The van der Waals surface area contributed by atoms with E-state index in [2.05, 4.69) is 27.5 Å². The van der Waals surface area contributed by atoms with Crippen LogP contribution in [0.4, 0.5) is 17.6 Å². The summed E-state index contributed by atoms with van der Waals surface area (Å²) in [5.41, 5.74) is 5.57. The Morgan fingerprint density at radius 3 is 2.76 bits per heavy atom. The molecule has 0 amide bonds. The summed E-state index contributed by atoms with van der Waals surface area (Å²) >= 11 is 0. The maximum absolute atomic E-state index is 5.57. The van der Waals surface area contributed by atoms with Gasteiger partial charge in [-0.3, -0.25) is 0 Å². The zero-order valence-corrected chi connectivity index (χ0v) is 10.5. The summed E-state index contributed by atoms with van der Waals surface area (Å²) in [5.74, 6) is 1.67. The van der Waals surface area contributed by atoms with Crippen LogP contribution in [0, 0.1) is 0 Å². The van der Waals surface area contributed by atoms with Crippen LogP contribution in [0.25, 0.3) is 0 Å². The van der Waals surface area contributed by atoms with E-state index in [9.17, 15) is 0 Å². The van der Waals surface area contributed by atoms with Crippen molar-refractivity contribution in [1.29, 1.82) is 0 Å². The van der Waals surface area contributed by atoms with Gasteiger partial charge in [0.2, 0.25) is 5.95 Å². The van der Waals surface area contributed by atoms with Gasteiger partial charge in [-0.05, 0) is 6.42 Å². The molecule has 17 heavy (non-hydrogen) atoms. The molecular weight excluding hydrogens is 218 g/mol. The zero-order chi connectivity index (χ0) is 12.5. The molecule has 4 N–H and O–H groups in total. The van der Waals surface area contributed by atoms with Gasteiger partial charge in [-0.1, -0.05) is 13.3 Å². The summed E-state index contributed by atoms with van der Waals surface area (Å²) in [7, 11) is 1.79. The largest absolute Gasteiger partial charge is 0.380 e. The molecule has 0 bridgehead atoms. The van der Waals surface area contributed by atoms with Crippen molar-refractivity contribution in [2.45, 2.75) is 19.8 Å². The number of nitrogens with zero attached hydrogens (tertiary/aromatic N) is 2. The standard InChI is InChI=1S/C11H21N5O/c1-3-4-6-17-7-5-14-10-8-9(13-2)15-11(12)16-10/h8H,3-7H2,1-2H3,(H4,12,13,14,15,16).